The van der Waals surface area contributed by atoms with Crippen LogP contribution in [0.25, 0.3) is 0 Å². The average molecular weight is 337 g/mol. The molecular formula is C18H31N3O3. The third kappa shape index (κ3) is 4.50. The van der Waals surface area contributed by atoms with Crippen molar-refractivity contribution in [3.05, 3.63) is 17.0 Å². The first-order valence-corrected chi connectivity index (χ1v) is 8.97. The molecule has 6 heteroatoms. The molecule has 0 bridgehead atoms. The van der Waals surface area contributed by atoms with Gasteiger partial charge in [0.1, 0.15) is 5.76 Å². The minimum atomic E-state index is -0.562. The highest BCUT2D eigenvalue weighted by atomic mass is 16.5. The van der Waals surface area contributed by atoms with Crippen molar-refractivity contribution < 1.29 is 14.4 Å². The second kappa shape index (κ2) is 8.01. The monoisotopic (exact) mass is 337 g/mol. The van der Waals surface area contributed by atoms with E-state index in [0.717, 1.165) is 29.9 Å². The molecule has 3 N–H and O–H groups in total. The molecule has 0 unspecified atom stereocenters. The largest absolute Gasteiger partial charge is 0.394 e. The minimum absolute atomic E-state index is 0.0384. The van der Waals surface area contributed by atoms with E-state index >= 15 is 0 Å². The zero-order valence-electron chi connectivity index (χ0n) is 15.3. The Bertz CT molecular complexity index is 532. The molecule has 0 aromatic carbocycles. The molecule has 136 valence electrons. The van der Waals surface area contributed by atoms with Crippen LogP contribution in [0.15, 0.2) is 4.52 Å². The number of carbonyl (C=O) groups is 1. The highest BCUT2D eigenvalue weighted by Gasteiger charge is 2.36. The van der Waals surface area contributed by atoms with Crippen molar-refractivity contribution in [1.82, 2.24) is 15.8 Å². The van der Waals surface area contributed by atoms with Crippen LogP contribution in [0.3, 0.4) is 0 Å². The molecule has 2 rings (SSSR count). The Kier molecular flexibility index (Phi) is 6.27. The lowest BCUT2D eigenvalue weighted by molar-refractivity contribution is 0.101. The molecule has 1 fully saturated rings. The number of rotatable bonds is 6. The normalized spacial score (nSPS) is 19.5. The molecule has 1 aliphatic carbocycles. The van der Waals surface area contributed by atoms with E-state index in [1.165, 1.54) is 19.3 Å². The van der Waals surface area contributed by atoms with Crippen LogP contribution >= 0.6 is 0 Å². The van der Waals surface area contributed by atoms with Crippen LogP contribution in [0.5, 0.6) is 0 Å². The Morgan fingerprint density at radius 2 is 2.04 bits per heavy atom. The van der Waals surface area contributed by atoms with Crippen molar-refractivity contribution >= 4 is 6.03 Å². The smallest absolute Gasteiger partial charge is 0.315 e. The first-order chi connectivity index (χ1) is 11.4. The van der Waals surface area contributed by atoms with Gasteiger partial charge < -0.3 is 20.3 Å². The predicted molar refractivity (Wildman–Crippen MR) is 92.9 cm³/mol. The number of amides is 2. The molecular weight excluding hydrogens is 306 g/mol. The lowest BCUT2D eigenvalue weighted by Gasteiger charge is -2.39. The average Bonchev–Trinajstić information content (AvgIpc) is 2.87. The standard InChI is InChI=1S/C18H31N3O3/c1-12(10-16-13(2)21-24-14(16)3)19-17(23)20-18(4,11-22)15-8-6-5-7-9-15/h12,15,22H,5-11H2,1-4H3,(H2,19,20,23)/t12-,18-/m1/s1. The summed E-state index contributed by atoms with van der Waals surface area (Å²) in [4.78, 5) is 12.4. The van der Waals surface area contributed by atoms with Gasteiger partial charge >= 0.3 is 6.03 Å². The van der Waals surface area contributed by atoms with Crippen molar-refractivity contribution in [2.24, 2.45) is 5.92 Å². The van der Waals surface area contributed by atoms with Gasteiger partial charge in [0.05, 0.1) is 17.8 Å². The number of aryl methyl sites for hydroxylation is 2. The van der Waals surface area contributed by atoms with E-state index in [1.807, 2.05) is 27.7 Å². The lowest BCUT2D eigenvalue weighted by atomic mass is 9.76. The lowest BCUT2D eigenvalue weighted by Crippen LogP contribution is -2.58. The molecule has 2 amide bonds. The molecule has 24 heavy (non-hydrogen) atoms. The Morgan fingerprint density at radius 1 is 1.38 bits per heavy atom. The summed E-state index contributed by atoms with van der Waals surface area (Å²) in [5.41, 5.74) is 1.34. The van der Waals surface area contributed by atoms with Crippen molar-refractivity contribution in [3.63, 3.8) is 0 Å². The van der Waals surface area contributed by atoms with Crippen LogP contribution < -0.4 is 10.6 Å². The number of nitrogens with one attached hydrogen (secondary N) is 2. The minimum Gasteiger partial charge on any atom is -0.394 e. The maximum absolute atomic E-state index is 12.4. The fourth-order valence-corrected chi connectivity index (χ4v) is 3.68. The summed E-state index contributed by atoms with van der Waals surface area (Å²) in [6.45, 7) is 7.66. The van der Waals surface area contributed by atoms with E-state index in [4.69, 9.17) is 4.52 Å². The first kappa shape index (κ1) is 18.8. The van der Waals surface area contributed by atoms with Gasteiger partial charge in [0, 0.05) is 11.6 Å². The molecule has 1 heterocycles. The fraction of sp³-hybridized carbons (Fsp3) is 0.778. The summed E-state index contributed by atoms with van der Waals surface area (Å²) >= 11 is 0. The molecule has 0 saturated heterocycles. The first-order valence-electron chi connectivity index (χ1n) is 8.97. The predicted octanol–water partition coefficient (Wildman–Crippen LogP) is 2.85. The molecule has 1 aromatic heterocycles. The number of nitrogens with zero attached hydrogens (tertiary/aromatic N) is 1. The zero-order chi connectivity index (χ0) is 17.7. The SMILES string of the molecule is Cc1noc(C)c1C[C@@H](C)NC(=O)N[C@](C)(CO)C1CCCCC1. The molecule has 1 aliphatic rings. The fourth-order valence-electron chi connectivity index (χ4n) is 3.68. The van der Waals surface area contributed by atoms with E-state index in [-0.39, 0.29) is 18.7 Å². The quantitative estimate of drug-likeness (QED) is 0.745. The van der Waals surface area contributed by atoms with Crippen LogP contribution in [0.2, 0.25) is 0 Å². The maximum Gasteiger partial charge on any atom is 0.315 e. The number of hydrogen-bond acceptors (Lipinski definition) is 4. The highest BCUT2D eigenvalue weighted by Crippen LogP contribution is 2.32. The number of aliphatic hydroxyl groups excluding tert-OH is 1. The summed E-state index contributed by atoms with van der Waals surface area (Å²) in [6, 6.07) is -0.271. The van der Waals surface area contributed by atoms with Gasteiger partial charge in [-0.3, -0.25) is 0 Å². The highest BCUT2D eigenvalue weighted by molar-refractivity contribution is 5.75. The summed E-state index contributed by atoms with van der Waals surface area (Å²) in [5.74, 6) is 1.13. The topological polar surface area (TPSA) is 87.4 Å². The van der Waals surface area contributed by atoms with E-state index in [2.05, 4.69) is 15.8 Å². The summed E-state index contributed by atoms with van der Waals surface area (Å²) < 4.78 is 5.17. The molecule has 6 nitrogen and oxygen atoms in total. The van der Waals surface area contributed by atoms with Gasteiger partial charge in [-0.2, -0.15) is 0 Å². The van der Waals surface area contributed by atoms with Crippen LogP contribution in [-0.4, -0.2) is 34.5 Å². The third-order valence-corrected chi connectivity index (χ3v) is 5.30. The molecule has 1 saturated carbocycles. The van der Waals surface area contributed by atoms with E-state index in [1.54, 1.807) is 0 Å². The van der Waals surface area contributed by atoms with Gasteiger partial charge in [0.2, 0.25) is 0 Å². The molecule has 1 aromatic rings. The maximum atomic E-state index is 12.4. The second-order valence-electron chi connectivity index (χ2n) is 7.42. The van der Waals surface area contributed by atoms with Gasteiger partial charge in [-0.15, -0.1) is 0 Å². The molecule has 2 atom stereocenters. The zero-order valence-corrected chi connectivity index (χ0v) is 15.3. The van der Waals surface area contributed by atoms with Gasteiger partial charge in [-0.25, -0.2) is 4.79 Å². The van der Waals surface area contributed by atoms with Gasteiger partial charge in [0.15, 0.2) is 0 Å². The Balaban J connectivity index is 1.90. The summed E-state index contributed by atoms with van der Waals surface area (Å²) in [5, 5.41) is 19.8. The summed E-state index contributed by atoms with van der Waals surface area (Å²) in [6.07, 6.45) is 6.39. The van der Waals surface area contributed by atoms with Crippen molar-refractivity contribution in [3.8, 4) is 0 Å². The number of aromatic nitrogens is 1. The van der Waals surface area contributed by atoms with Crippen LogP contribution in [0.4, 0.5) is 4.79 Å². The third-order valence-electron chi connectivity index (χ3n) is 5.30. The van der Waals surface area contributed by atoms with Gasteiger partial charge in [0.25, 0.3) is 0 Å². The van der Waals surface area contributed by atoms with Gasteiger partial charge in [-0.1, -0.05) is 24.4 Å². The Morgan fingerprint density at radius 3 is 2.58 bits per heavy atom. The van der Waals surface area contributed by atoms with Crippen molar-refractivity contribution in [2.45, 2.75) is 77.8 Å². The van der Waals surface area contributed by atoms with E-state index < -0.39 is 5.54 Å². The molecule has 0 spiro atoms. The second-order valence-corrected chi connectivity index (χ2v) is 7.42. The molecule has 0 aliphatic heterocycles. The van der Waals surface area contributed by atoms with E-state index in [9.17, 15) is 9.90 Å². The molecule has 0 radical (unpaired) electrons. The summed E-state index contributed by atoms with van der Waals surface area (Å²) in [7, 11) is 0. The number of hydrogen-bond donors (Lipinski definition) is 3. The van der Waals surface area contributed by atoms with Crippen molar-refractivity contribution in [2.75, 3.05) is 6.61 Å². The Labute approximate surface area is 144 Å². The van der Waals surface area contributed by atoms with Crippen LogP contribution in [0, 0.1) is 19.8 Å². The van der Waals surface area contributed by atoms with Crippen molar-refractivity contribution in [1.29, 1.82) is 0 Å². The van der Waals surface area contributed by atoms with Crippen LogP contribution in [-0.2, 0) is 6.42 Å². The number of aliphatic hydroxyl groups is 1. The van der Waals surface area contributed by atoms with E-state index in [0.29, 0.717) is 12.3 Å². The van der Waals surface area contributed by atoms with Gasteiger partial charge in [-0.05, 0) is 52.9 Å². The number of urea groups is 1. The van der Waals surface area contributed by atoms with Crippen LogP contribution in [0.1, 0.15) is 63.0 Å². The Hall–Kier alpha value is -1.56. The number of carbonyl (C=O) groups excluding carboxylic acids is 1.